The number of carboxylic acid groups (broad SMARTS) is 1. The minimum Gasteiger partial charge on any atom is -0.480 e. The first-order valence-electron chi connectivity index (χ1n) is 7.50. The van der Waals surface area contributed by atoms with Gasteiger partial charge in [0, 0.05) is 18.5 Å². The zero-order valence-electron chi connectivity index (χ0n) is 12.2. The maximum Gasteiger partial charge on any atom is 0.326 e. The molecule has 0 aromatic heterocycles. The topological polar surface area (TPSA) is 113 Å². The van der Waals surface area contributed by atoms with Crippen molar-refractivity contribution in [2.45, 2.75) is 63.6 Å². The van der Waals surface area contributed by atoms with E-state index >= 15 is 0 Å². The fourth-order valence-corrected chi connectivity index (χ4v) is 3.61. The van der Waals surface area contributed by atoms with Gasteiger partial charge in [-0.3, -0.25) is 4.79 Å². The molecule has 7 nitrogen and oxygen atoms in total. The molecule has 2 rings (SSSR count). The van der Waals surface area contributed by atoms with Crippen LogP contribution in [0.1, 0.15) is 45.4 Å². The molecule has 118 valence electrons. The molecule has 0 bridgehead atoms. The minimum atomic E-state index is -0.956. The van der Waals surface area contributed by atoms with Crippen LogP contribution in [0.5, 0.6) is 0 Å². The van der Waals surface area contributed by atoms with Crippen molar-refractivity contribution in [3.8, 4) is 0 Å². The Hall–Kier alpha value is -1.79. The number of nitrogens with two attached hydrogens (primary N) is 1. The Balaban J connectivity index is 2.07. The van der Waals surface area contributed by atoms with Crippen molar-refractivity contribution >= 4 is 17.9 Å². The molecule has 7 heteroatoms. The lowest BCUT2D eigenvalue weighted by Gasteiger charge is -2.33. The van der Waals surface area contributed by atoms with Crippen LogP contribution in [-0.2, 0) is 9.59 Å². The van der Waals surface area contributed by atoms with E-state index in [4.69, 9.17) is 5.73 Å². The van der Waals surface area contributed by atoms with Crippen LogP contribution in [-0.4, -0.2) is 46.0 Å². The van der Waals surface area contributed by atoms with Crippen molar-refractivity contribution < 1.29 is 19.5 Å². The van der Waals surface area contributed by atoms with Gasteiger partial charge in [0.25, 0.3) is 0 Å². The summed E-state index contributed by atoms with van der Waals surface area (Å²) in [7, 11) is 0. The van der Waals surface area contributed by atoms with Gasteiger partial charge in [0.15, 0.2) is 0 Å². The van der Waals surface area contributed by atoms with Crippen LogP contribution in [0.4, 0.5) is 4.79 Å². The van der Waals surface area contributed by atoms with Gasteiger partial charge < -0.3 is 21.1 Å². The number of likely N-dealkylation sites (tertiary alicyclic amines) is 1. The van der Waals surface area contributed by atoms with Crippen molar-refractivity contribution in [2.24, 2.45) is 11.7 Å². The summed E-state index contributed by atoms with van der Waals surface area (Å²) in [5.41, 5.74) is 5.11. The Kier molecular flexibility index (Phi) is 4.69. The highest BCUT2D eigenvalue weighted by molar-refractivity contribution is 5.84. The third-order valence-corrected chi connectivity index (χ3v) is 4.48. The number of hydrogen-bond donors (Lipinski definition) is 3. The molecule has 3 amide bonds. The molecule has 4 unspecified atom stereocenters. The molecule has 1 heterocycles. The highest BCUT2D eigenvalue weighted by atomic mass is 16.4. The van der Waals surface area contributed by atoms with Crippen LogP contribution in [0.15, 0.2) is 0 Å². The number of carbonyl (C=O) groups excluding carboxylic acids is 2. The van der Waals surface area contributed by atoms with E-state index < -0.39 is 30.0 Å². The summed E-state index contributed by atoms with van der Waals surface area (Å²) < 4.78 is 0. The van der Waals surface area contributed by atoms with Crippen molar-refractivity contribution in [2.75, 3.05) is 0 Å². The maximum absolute atomic E-state index is 12.4. The second-order valence-corrected chi connectivity index (χ2v) is 6.13. The molecule has 0 radical (unpaired) electrons. The van der Waals surface area contributed by atoms with Crippen molar-refractivity contribution in [3.05, 3.63) is 0 Å². The lowest BCUT2D eigenvalue weighted by atomic mass is 9.85. The van der Waals surface area contributed by atoms with E-state index in [9.17, 15) is 19.5 Å². The van der Waals surface area contributed by atoms with E-state index in [1.54, 1.807) is 6.92 Å². The summed E-state index contributed by atoms with van der Waals surface area (Å²) in [6.07, 6.45) is 4.53. The minimum absolute atomic E-state index is 0.000582. The maximum atomic E-state index is 12.4. The summed E-state index contributed by atoms with van der Waals surface area (Å²) in [5.74, 6) is -1.17. The number of hydrogen-bond acceptors (Lipinski definition) is 3. The Labute approximate surface area is 123 Å². The van der Waals surface area contributed by atoms with Gasteiger partial charge in [-0.05, 0) is 32.1 Å². The van der Waals surface area contributed by atoms with Crippen molar-refractivity contribution in [1.29, 1.82) is 0 Å². The summed E-state index contributed by atoms with van der Waals surface area (Å²) in [4.78, 5) is 36.2. The lowest BCUT2D eigenvalue weighted by molar-refractivity contribution is -0.141. The summed E-state index contributed by atoms with van der Waals surface area (Å²) in [6.45, 7) is 1.69. The molecular weight excluding hydrogens is 274 g/mol. The summed E-state index contributed by atoms with van der Waals surface area (Å²) in [6, 6.07) is -1.56. The van der Waals surface area contributed by atoms with Crippen LogP contribution in [0.2, 0.25) is 0 Å². The normalized spacial score (nSPS) is 29.6. The van der Waals surface area contributed by atoms with E-state index in [0.29, 0.717) is 6.42 Å². The van der Waals surface area contributed by atoms with Crippen LogP contribution in [0.25, 0.3) is 0 Å². The molecule has 1 saturated heterocycles. The molecule has 1 saturated carbocycles. The van der Waals surface area contributed by atoms with Crippen molar-refractivity contribution in [1.82, 2.24) is 10.2 Å². The molecular formula is C14H23N3O4. The Morgan fingerprint density at radius 2 is 2.00 bits per heavy atom. The first kappa shape index (κ1) is 15.6. The Bertz CT molecular complexity index is 440. The van der Waals surface area contributed by atoms with Crippen LogP contribution in [0, 0.1) is 5.92 Å². The van der Waals surface area contributed by atoms with E-state index in [2.05, 4.69) is 5.32 Å². The molecule has 0 aromatic carbocycles. The number of primary amides is 1. The highest BCUT2D eigenvalue weighted by Crippen LogP contribution is 2.39. The molecule has 0 spiro atoms. The van der Waals surface area contributed by atoms with Gasteiger partial charge in [0.05, 0.1) is 0 Å². The number of nitrogens with zero attached hydrogens (tertiary/aromatic N) is 1. The summed E-state index contributed by atoms with van der Waals surface area (Å²) >= 11 is 0. The Morgan fingerprint density at radius 1 is 1.33 bits per heavy atom. The fourth-order valence-electron chi connectivity index (χ4n) is 3.61. The Morgan fingerprint density at radius 3 is 2.62 bits per heavy atom. The van der Waals surface area contributed by atoms with Gasteiger partial charge in [-0.25, -0.2) is 9.59 Å². The molecule has 1 aliphatic heterocycles. The number of carbonyl (C=O) groups is 3. The second kappa shape index (κ2) is 6.32. The first-order valence-corrected chi connectivity index (χ1v) is 7.50. The van der Waals surface area contributed by atoms with Crippen molar-refractivity contribution in [3.63, 3.8) is 0 Å². The number of amides is 3. The number of urea groups is 1. The van der Waals surface area contributed by atoms with E-state index in [1.165, 1.54) is 4.90 Å². The third kappa shape index (κ3) is 3.46. The number of rotatable bonds is 4. The fraction of sp³-hybridized carbons (Fsp3) is 0.786. The highest BCUT2D eigenvalue weighted by Gasteiger charge is 2.47. The molecule has 2 aliphatic rings. The zero-order valence-corrected chi connectivity index (χ0v) is 12.2. The van der Waals surface area contributed by atoms with Gasteiger partial charge in [-0.15, -0.1) is 0 Å². The quantitative estimate of drug-likeness (QED) is 0.708. The molecule has 2 fully saturated rings. The lowest BCUT2D eigenvalue weighted by Crippen LogP contribution is -2.52. The van der Waals surface area contributed by atoms with Gasteiger partial charge in [-0.1, -0.05) is 12.8 Å². The number of fused-ring (bicyclic) bond motifs is 1. The average Bonchev–Trinajstić information content (AvgIpc) is 2.76. The average molecular weight is 297 g/mol. The zero-order chi connectivity index (χ0) is 15.6. The van der Waals surface area contributed by atoms with Crippen LogP contribution >= 0.6 is 0 Å². The first-order chi connectivity index (χ1) is 9.90. The molecule has 4 atom stereocenters. The van der Waals surface area contributed by atoms with Gasteiger partial charge in [-0.2, -0.15) is 0 Å². The van der Waals surface area contributed by atoms with Crippen LogP contribution < -0.4 is 11.1 Å². The number of carboxylic acids is 1. The van der Waals surface area contributed by atoms with E-state index in [0.717, 1.165) is 25.7 Å². The molecule has 1 aliphatic carbocycles. The van der Waals surface area contributed by atoms with Crippen LogP contribution in [0.3, 0.4) is 0 Å². The van der Waals surface area contributed by atoms with Gasteiger partial charge in [0.2, 0.25) is 5.91 Å². The molecule has 0 aromatic rings. The SMILES string of the molecule is CC(CC(N)=O)NC(=O)N1C(C(=O)O)CC2CCCCC21. The standard InChI is InChI=1S/C14H23N3O4/c1-8(6-12(15)18)16-14(21)17-10-5-3-2-4-9(10)7-11(17)13(19)20/h8-11H,2-7H2,1H3,(H2,15,18)(H,16,21)(H,19,20). The largest absolute Gasteiger partial charge is 0.480 e. The predicted octanol–water partition coefficient (Wildman–Crippen LogP) is 0.678. The summed E-state index contributed by atoms with van der Waals surface area (Å²) in [5, 5.41) is 12.1. The molecule has 4 N–H and O–H groups in total. The van der Waals surface area contributed by atoms with Gasteiger partial charge >= 0.3 is 12.0 Å². The van der Waals surface area contributed by atoms with Gasteiger partial charge in [0.1, 0.15) is 6.04 Å². The predicted molar refractivity (Wildman–Crippen MR) is 75.4 cm³/mol. The monoisotopic (exact) mass is 297 g/mol. The third-order valence-electron chi connectivity index (χ3n) is 4.48. The molecule has 21 heavy (non-hydrogen) atoms. The smallest absolute Gasteiger partial charge is 0.326 e. The van der Waals surface area contributed by atoms with E-state index in [-0.39, 0.29) is 18.4 Å². The number of nitrogens with one attached hydrogen (secondary N) is 1. The number of aliphatic carboxylic acids is 1. The second-order valence-electron chi connectivity index (χ2n) is 6.13. The van der Waals surface area contributed by atoms with E-state index in [1.807, 2.05) is 0 Å².